The van der Waals surface area contributed by atoms with Gasteiger partial charge in [0.1, 0.15) is 23.7 Å². The molecule has 0 aliphatic rings. The normalized spacial score (nSPS) is 11.7. The highest BCUT2D eigenvalue weighted by atomic mass is 16.3. The smallest absolute Gasteiger partial charge is 0.199 e. The Kier molecular flexibility index (Phi) is 3.22. The van der Waals surface area contributed by atoms with E-state index in [4.69, 9.17) is 4.42 Å². The lowest BCUT2D eigenvalue weighted by atomic mass is 10.1. The van der Waals surface area contributed by atoms with E-state index in [9.17, 15) is 10.1 Å². The molecule has 2 aromatic heterocycles. The summed E-state index contributed by atoms with van der Waals surface area (Å²) in [6.07, 6.45) is 2.86. The minimum atomic E-state index is -0.180. The van der Waals surface area contributed by atoms with Gasteiger partial charge in [-0.3, -0.25) is 4.79 Å². The molecule has 5 heteroatoms. The number of para-hydroxylation sites is 3. The van der Waals surface area contributed by atoms with Gasteiger partial charge in [-0.25, -0.2) is 4.98 Å². The third-order valence-electron chi connectivity index (χ3n) is 3.77. The average molecular weight is 313 g/mol. The van der Waals surface area contributed by atoms with Crippen LogP contribution in [0.25, 0.3) is 33.7 Å². The van der Waals surface area contributed by atoms with E-state index in [0.717, 1.165) is 11.0 Å². The van der Waals surface area contributed by atoms with Crippen LogP contribution < -0.4 is 5.43 Å². The van der Waals surface area contributed by atoms with E-state index in [0.29, 0.717) is 22.4 Å². The first kappa shape index (κ1) is 14.0. The van der Waals surface area contributed by atoms with E-state index >= 15 is 0 Å². The molecule has 0 spiro atoms. The molecule has 1 N–H and O–H groups in total. The summed E-state index contributed by atoms with van der Waals surface area (Å²) in [6, 6.07) is 16.6. The maximum absolute atomic E-state index is 12.5. The van der Waals surface area contributed by atoms with E-state index in [1.54, 1.807) is 24.3 Å². The van der Waals surface area contributed by atoms with Crippen LogP contribution in [0.3, 0.4) is 0 Å². The van der Waals surface area contributed by atoms with Gasteiger partial charge < -0.3 is 9.40 Å². The van der Waals surface area contributed by atoms with Crippen molar-refractivity contribution in [1.29, 1.82) is 5.26 Å². The van der Waals surface area contributed by atoms with Gasteiger partial charge in [-0.05, 0) is 30.3 Å². The maximum atomic E-state index is 12.5. The Morgan fingerprint density at radius 2 is 1.96 bits per heavy atom. The summed E-state index contributed by atoms with van der Waals surface area (Å²) < 4.78 is 5.48. The van der Waals surface area contributed by atoms with Crippen LogP contribution >= 0.6 is 0 Å². The van der Waals surface area contributed by atoms with E-state index < -0.39 is 0 Å². The maximum Gasteiger partial charge on any atom is 0.199 e. The molecular weight excluding hydrogens is 302 g/mol. The molecule has 0 saturated heterocycles. The third-order valence-corrected chi connectivity index (χ3v) is 3.77. The number of aromatic nitrogens is 2. The molecule has 114 valence electrons. The second-order valence-corrected chi connectivity index (χ2v) is 5.29. The Bertz CT molecular complexity index is 1160. The zero-order valence-corrected chi connectivity index (χ0v) is 12.5. The highest BCUT2D eigenvalue weighted by molar-refractivity contribution is 5.91. The second-order valence-electron chi connectivity index (χ2n) is 5.29. The number of hydrogen-bond donors (Lipinski definition) is 1. The Morgan fingerprint density at radius 3 is 2.79 bits per heavy atom. The lowest BCUT2D eigenvalue weighted by molar-refractivity contribution is 0.601. The van der Waals surface area contributed by atoms with Gasteiger partial charge in [0.05, 0.1) is 27.6 Å². The molecule has 0 aliphatic carbocycles. The topological polar surface area (TPSA) is 82.7 Å². The van der Waals surface area contributed by atoms with Gasteiger partial charge in [0.25, 0.3) is 0 Å². The standard InChI is InChI=1S/C19H11N3O2/c20-10-12(19-21-15-6-2-3-7-16(15)22-19)9-13-11-24-17-8-4-1-5-14(17)18(13)23/h1-9,11H,(H,21,22)/b12-9+. The van der Waals surface area contributed by atoms with Gasteiger partial charge >= 0.3 is 0 Å². The summed E-state index contributed by atoms with van der Waals surface area (Å²) in [6.45, 7) is 0. The SMILES string of the molecule is N#C/C(=C\c1coc2ccccc2c1=O)c1nc2ccccc2[nH]1. The van der Waals surface area contributed by atoms with Gasteiger partial charge in [0, 0.05) is 0 Å². The summed E-state index contributed by atoms with van der Waals surface area (Å²) in [5, 5.41) is 9.94. The molecule has 0 unspecified atom stereocenters. The molecule has 24 heavy (non-hydrogen) atoms. The number of aromatic amines is 1. The van der Waals surface area contributed by atoms with E-state index in [-0.39, 0.29) is 11.0 Å². The highest BCUT2D eigenvalue weighted by Gasteiger charge is 2.10. The predicted octanol–water partition coefficient (Wildman–Crippen LogP) is 3.73. The van der Waals surface area contributed by atoms with Crippen molar-refractivity contribution < 1.29 is 4.42 Å². The van der Waals surface area contributed by atoms with Crippen LogP contribution in [0, 0.1) is 11.3 Å². The molecular formula is C19H11N3O2. The number of nitrogens with zero attached hydrogens (tertiary/aromatic N) is 2. The van der Waals surface area contributed by atoms with Crippen molar-refractivity contribution in [3.05, 3.63) is 76.4 Å². The molecule has 2 aromatic carbocycles. The summed E-state index contributed by atoms with van der Waals surface area (Å²) in [4.78, 5) is 20.0. The van der Waals surface area contributed by atoms with Crippen LogP contribution in [0.5, 0.6) is 0 Å². The summed E-state index contributed by atoms with van der Waals surface area (Å²) in [7, 11) is 0. The fourth-order valence-corrected chi connectivity index (χ4v) is 2.58. The van der Waals surface area contributed by atoms with Crippen molar-refractivity contribution in [2.24, 2.45) is 0 Å². The average Bonchev–Trinajstić information content (AvgIpc) is 3.05. The fourth-order valence-electron chi connectivity index (χ4n) is 2.58. The van der Waals surface area contributed by atoms with Crippen molar-refractivity contribution in [3.63, 3.8) is 0 Å². The van der Waals surface area contributed by atoms with Crippen molar-refractivity contribution >= 4 is 33.7 Å². The number of H-pyrrole nitrogens is 1. The largest absolute Gasteiger partial charge is 0.463 e. The van der Waals surface area contributed by atoms with Crippen LogP contribution in [0.2, 0.25) is 0 Å². The molecule has 0 fully saturated rings. The first-order valence-electron chi connectivity index (χ1n) is 7.34. The molecule has 4 aromatic rings. The Balaban J connectivity index is 1.88. The Morgan fingerprint density at radius 1 is 1.17 bits per heavy atom. The van der Waals surface area contributed by atoms with E-state index in [1.807, 2.05) is 24.3 Å². The molecule has 0 saturated carbocycles. The van der Waals surface area contributed by atoms with Crippen LogP contribution in [-0.4, -0.2) is 9.97 Å². The van der Waals surface area contributed by atoms with Crippen molar-refractivity contribution in [2.45, 2.75) is 0 Å². The number of benzene rings is 2. The zero-order chi connectivity index (χ0) is 16.5. The molecule has 0 atom stereocenters. The minimum absolute atomic E-state index is 0.180. The van der Waals surface area contributed by atoms with Gasteiger partial charge in [0.2, 0.25) is 0 Å². The number of fused-ring (bicyclic) bond motifs is 2. The first-order valence-corrected chi connectivity index (χ1v) is 7.34. The van der Waals surface area contributed by atoms with Crippen molar-refractivity contribution in [3.8, 4) is 6.07 Å². The quantitative estimate of drug-likeness (QED) is 0.571. The molecule has 0 aliphatic heterocycles. The van der Waals surface area contributed by atoms with Gasteiger partial charge in [0.15, 0.2) is 5.43 Å². The number of nitriles is 1. The number of nitrogens with one attached hydrogen (secondary N) is 1. The number of allylic oxidation sites excluding steroid dienone is 1. The van der Waals surface area contributed by atoms with Crippen LogP contribution in [0.15, 0.2) is 64.0 Å². The molecule has 0 amide bonds. The van der Waals surface area contributed by atoms with Crippen LogP contribution in [-0.2, 0) is 0 Å². The van der Waals surface area contributed by atoms with E-state index in [2.05, 4.69) is 16.0 Å². The summed E-state index contributed by atoms with van der Waals surface area (Å²) >= 11 is 0. The number of hydrogen-bond acceptors (Lipinski definition) is 4. The lowest BCUT2D eigenvalue weighted by Crippen LogP contribution is -2.05. The lowest BCUT2D eigenvalue weighted by Gasteiger charge is -1.98. The molecule has 0 radical (unpaired) electrons. The third kappa shape index (κ3) is 2.27. The van der Waals surface area contributed by atoms with Gasteiger partial charge in [-0.2, -0.15) is 5.26 Å². The first-order chi connectivity index (χ1) is 11.8. The number of imidazole rings is 1. The monoisotopic (exact) mass is 313 g/mol. The van der Waals surface area contributed by atoms with Crippen molar-refractivity contribution in [1.82, 2.24) is 9.97 Å². The summed E-state index contributed by atoms with van der Waals surface area (Å²) in [5.74, 6) is 0.422. The molecule has 0 bridgehead atoms. The summed E-state index contributed by atoms with van der Waals surface area (Å²) in [5.41, 5.74) is 2.51. The second kappa shape index (κ2) is 5.52. The van der Waals surface area contributed by atoms with Crippen LogP contribution in [0.4, 0.5) is 0 Å². The number of rotatable bonds is 2. The highest BCUT2D eigenvalue weighted by Crippen LogP contribution is 2.19. The molecule has 4 rings (SSSR count). The fraction of sp³-hybridized carbons (Fsp3) is 0. The van der Waals surface area contributed by atoms with Crippen LogP contribution in [0.1, 0.15) is 11.4 Å². The molecule has 2 heterocycles. The van der Waals surface area contributed by atoms with Gasteiger partial charge in [-0.15, -0.1) is 0 Å². The molecule has 5 nitrogen and oxygen atoms in total. The minimum Gasteiger partial charge on any atom is -0.463 e. The Hall–Kier alpha value is -3.65. The van der Waals surface area contributed by atoms with Gasteiger partial charge in [-0.1, -0.05) is 24.3 Å². The Labute approximate surface area is 136 Å². The predicted molar refractivity (Wildman–Crippen MR) is 92.1 cm³/mol. The zero-order valence-electron chi connectivity index (χ0n) is 12.5. The van der Waals surface area contributed by atoms with Crippen molar-refractivity contribution in [2.75, 3.05) is 0 Å². The van der Waals surface area contributed by atoms with E-state index in [1.165, 1.54) is 12.3 Å².